The molecule has 0 aliphatic rings. The van der Waals surface area contributed by atoms with E-state index in [1.165, 1.54) is 14.2 Å². The topological polar surface area (TPSA) is 55.8 Å². The maximum absolute atomic E-state index is 10.9. The average molecular weight is 343 g/mol. The highest BCUT2D eigenvalue weighted by atomic mass is 127. The zero-order valence-corrected chi connectivity index (χ0v) is 10.9. The smallest absolute Gasteiger partial charge is 0.338 e. The fourth-order valence-corrected chi connectivity index (χ4v) is 2.41. The van der Waals surface area contributed by atoms with Gasteiger partial charge < -0.3 is 14.6 Å². The van der Waals surface area contributed by atoms with Crippen LogP contribution in [0.1, 0.15) is 10.4 Å². The molecule has 82 valence electrons. The highest BCUT2D eigenvalue weighted by Gasteiger charge is 2.21. The van der Waals surface area contributed by atoms with Gasteiger partial charge in [0.05, 0.1) is 19.8 Å². The Balaban J connectivity index is 3.51. The summed E-state index contributed by atoms with van der Waals surface area (Å²) >= 11 is 7.78. The summed E-state index contributed by atoms with van der Waals surface area (Å²) in [6.45, 7) is 0. The summed E-state index contributed by atoms with van der Waals surface area (Å²) in [5.41, 5.74) is 0.0231. The number of halogens is 2. The van der Waals surface area contributed by atoms with Crippen molar-refractivity contribution in [1.82, 2.24) is 0 Å². The van der Waals surface area contributed by atoms with E-state index in [1.54, 1.807) is 6.07 Å². The number of carboxylic acid groups (broad SMARTS) is 1. The van der Waals surface area contributed by atoms with Crippen LogP contribution in [0, 0.1) is 3.57 Å². The van der Waals surface area contributed by atoms with Gasteiger partial charge in [0, 0.05) is 3.57 Å². The molecule has 0 aliphatic heterocycles. The van der Waals surface area contributed by atoms with Crippen molar-refractivity contribution >= 4 is 40.2 Å². The molecule has 4 nitrogen and oxygen atoms in total. The number of rotatable bonds is 3. The van der Waals surface area contributed by atoms with E-state index in [2.05, 4.69) is 0 Å². The minimum Gasteiger partial charge on any atom is -0.493 e. The fraction of sp³-hybridized carbons (Fsp3) is 0.222. The molecule has 0 unspecified atom stereocenters. The van der Waals surface area contributed by atoms with E-state index in [0.717, 1.165) is 0 Å². The summed E-state index contributed by atoms with van der Waals surface area (Å²) in [6.07, 6.45) is 0. The summed E-state index contributed by atoms with van der Waals surface area (Å²) < 4.78 is 10.5. The molecule has 0 aliphatic carbocycles. The molecule has 6 heteroatoms. The van der Waals surface area contributed by atoms with E-state index >= 15 is 0 Å². The third-order valence-corrected chi connectivity index (χ3v) is 2.99. The number of hydrogen-bond acceptors (Lipinski definition) is 3. The van der Waals surface area contributed by atoms with Crippen molar-refractivity contribution < 1.29 is 19.4 Å². The lowest BCUT2D eigenvalue weighted by Gasteiger charge is -2.12. The summed E-state index contributed by atoms with van der Waals surface area (Å²) in [7, 11) is 2.87. The lowest BCUT2D eigenvalue weighted by molar-refractivity contribution is 0.0695. The number of aromatic carboxylic acids is 1. The molecule has 0 aromatic heterocycles. The Labute approximate surface area is 105 Å². The van der Waals surface area contributed by atoms with Gasteiger partial charge in [0.2, 0.25) is 0 Å². The van der Waals surface area contributed by atoms with Gasteiger partial charge in [-0.2, -0.15) is 0 Å². The molecule has 0 spiro atoms. The molecule has 15 heavy (non-hydrogen) atoms. The first-order valence-electron chi connectivity index (χ1n) is 3.86. The quantitative estimate of drug-likeness (QED) is 0.858. The molecule has 0 bridgehead atoms. The van der Waals surface area contributed by atoms with Gasteiger partial charge in [-0.05, 0) is 28.7 Å². The molecule has 1 N–H and O–H groups in total. The minimum atomic E-state index is -1.09. The van der Waals surface area contributed by atoms with Crippen LogP contribution in [-0.4, -0.2) is 25.3 Å². The van der Waals surface area contributed by atoms with Crippen molar-refractivity contribution in [2.75, 3.05) is 14.2 Å². The van der Waals surface area contributed by atoms with E-state index in [1.807, 2.05) is 22.6 Å². The predicted molar refractivity (Wildman–Crippen MR) is 64.2 cm³/mol. The van der Waals surface area contributed by atoms with Gasteiger partial charge in [0.1, 0.15) is 5.02 Å². The third-order valence-electron chi connectivity index (χ3n) is 1.78. The molecule has 0 radical (unpaired) electrons. The monoisotopic (exact) mass is 342 g/mol. The lowest BCUT2D eigenvalue weighted by atomic mass is 10.2. The van der Waals surface area contributed by atoms with Gasteiger partial charge in [-0.3, -0.25) is 0 Å². The van der Waals surface area contributed by atoms with Gasteiger partial charge in [-0.1, -0.05) is 11.6 Å². The molecule has 0 saturated heterocycles. The first-order valence-corrected chi connectivity index (χ1v) is 5.31. The molecule has 0 heterocycles. The molecular formula is C9H8ClIO4. The Morgan fingerprint density at radius 3 is 2.47 bits per heavy atom. The van der Waals surface area contributed by atoms with Gasteiger partial charge in [-0.15, -0.1) is 0 Å². The van der Waals surface area contributed by atoms with Crippen LogP contribution in [-0.2, 0) is 0 Å². The molecular weight excluding hydrogens is 334 g/mol. The van der Waals surface area contributed by atoms with Crippen LogP contribution in [0.25, 0.3) is 0 Å². The van der Waals surface area contributed by atoms with Crippen molar-refractivity contribution in [3.05, 3.63) is 20.2 Å². The van der Waals surface area contributed by atoms with E-state index in [0.29, 0.717) is 9.32 Å². The first-order chi connectivity index (χ1) is 7.02. The molecule has 1 rings (SSSR count). The predicted octanol–water partition coefficient (Wildman–Crippen LogP) is 2.66. The zero-order chi connectivity index (χ0) is 11.6. The Morgan fingerprint density at radius 1 is 1.47 bits per heavy atom. The van der Waals surface area contributed by atoms with E-state index in [-0.39, 0.29) is 16.3 Å². The Kier molecular flexibility index (Phi) is 4.04. The second kappa shape index (κ2) is 4.89. The normalized spacial score (nSPS) is 9.87. The van der Waals surface area contributed by atoms with Crippen molar-refractivity contribution in [2.45, 2.75) is 0 Å². The van der Waals surface area contributed by atoms with Crippen molar-refractivity contribution in [1.29, 1.82) is 0 Å². The van der Waals surface area contributed by atoms with Crippen LogP contribution >= 0.6 is 34.2 Å². The fourth-order valence-electron chi connectivity index (χ4n) is 1.12. The highest BCUT2D eigenvalue weighted by Crippen LogP contribution is 2.39. The number of hydrogen-bond donors (Lipinski definition) is 1. The molecule has 0 saturated carbocycles. The zero-order valence-electron chi connectivity index (χ0n) is 8.01. The van der Waals surface area contributed by atoms with Crippen molar-refractivity contribution in [3.63, 3.8) is 0 Å². The number of ether oxygens (including phenoxy) is 2. The second-order valence-corrected chi connectivity index (χ2v) is 4.13. The van der Waals surface area contributed by atoms with Crippen molar-refractivity contribution in [2.24, 2.45) is 0 Å². The molecule has 1 aromatic rings. The van der Waals surface area contributed by atoms with E-state index < -0.39 is 5.97 Å². The van der Waals surface area contributed by atoms with Crippen LogP contribution in [0.3, 0.4) is 0 Å². The average Bonchev–Trinajstić information content (AvgIpc) is 2.16. The van der Waals surface area contributed by atoms with Crippen LogP contribution in [0.5, 0.6) is 11.5 Å². The molecule has 0 atom stereocenters. The first kappa shape index (κ1) is 12.4. The highest BCUT2D eigenvalue weighted by molar-refractivity contribution is 14.1. The summed E-state index contributed by atoms with van der Waals surface area (Å²) in [5, 5.41) is 8.99. The Bertz CT molecular complexity index is 406. The molecule has 0 fully saturated rings. The van der Waals surface area contributed by atoms with Crippen LogP contribution in [0.15, 0.2) is 6.07 Å². The number of carbonyl (C=O) groups is 1. The largest absolute Gasteiger partial charge is 0.493 e. The molecule has 1 aromatic carbocycles. The maximum atomic E-state index is 10.9. The maximum Gasteiger partial charge on any atom is 0.338 e. The lowest BCUT2D eigenvalue weighted by Crippen LogP contribution is -2.04. The SMILES string of the molecule is COc1cc(I)c(C(=O)O)c(Cl)c1OC. The summed E-state index contributed by atoms with van der Waals surface area (Å²) in [5.74, 6) is -0.445. The Hall–Kier alpha value is -0.690. The Morgan fingerprint density at radius 2 is 2.07 bits per heavy atom. The third kappa shape index (κ3) is 2.28. The van der Waals surface area contributed by atoms with E-state index in [4.69, 9.17) is 26.2 Å². The van der Waals surface area contributed by atoms with Crippen LogP contribution in [0.4, 0.5) is 0 Å². The minimum absolute atomic E-state index is 0.0231. The van der Waals surface area contributed by atoms with Crippen LogP contribution < -0.4 is 9.47 Å². The van der Waals surface area contributed by atoms with Gasteiger partial charge in [0.15, 0.2) is 11.5 Å². The summed E-state index contributed by atoms with van der Waals surface area (Å²) in [4.78, 5) is 10.9. The number of methoxy groups -OCH3 is 2. The standard InChI is InChI=1S/C9H8ClIO4/c1-14-5-3-4(11)6(9(12)13)7(10)8(5)15-2/h3H,1-2H3,(H,12,13). The second-order valence-electron chi connectivity index (χ2n) is 2.59. The van der Waals surface area contributed by atoms with Crippen LogP contribution in [0.2, 0.25) is 5.02 Å². The number of carboxylic acids is 1. The number of benzene rings is 1. The summed E-state index contributed by atoms with van der Waals surface area (Å²) in [6, 6.07) is 1.56. The van der Waals surface area contributed by atoms with Gasteiger partial charge >= 0.3 is 5.97 Å². The molecule has 0 amide bonds. The van der Waals surface area contributed by atoms with Gasteiger partial charge in [-0.25, -0.2) is 4.79 Å². The van der Waals surface area contributed by atoms with E-state index in [9.17, 15) is 4.79 Å². The van der Waals surface area contributed by atoms with Crippen molar-refractivity contribution in [3.8, 4) is 11.5 Å². The van der Waals surface area contributed by atoms with Gasteiger partial charge in [0.25, 0.3) is 0 Å².